The van der Waals surface area contributed by atoms with Crippen molar-refractivity contribution in [1.82, 2.24) is 9.55 Å². The Hall–Kier alpha value is -0.430. The number of aromatic nitrogens is 2. The van der Waals surface area contributed by atoms with E-state index in [4.69, 9.17) is 21.1 Å². The number of alkyl halides is 1. The normalized spacial score (nSPS) is 15.7. The van der Waals surface area contributed by atoms with Gasteiger partial charge in [-0.3, -0.25) is 0 Å². The van der Waals surface area contributed by atoms with Crippen LogP contribution in [0.25, 0.3) is 11.0 Å². The average molecular weight is 450 g/mol. The summed E-state index contributed by atoms with van der Waals surface area (Å²) in [6.45, 7) is 2.00. The molecular formula is C18H26BrClN2O2S. The molecule has 1 aliphatic carbocycles. The van der Waals surface area contributed by atoms with Crippen LogP contribution in [-0.2, 0) is 17.3 Å². The van der Waals surface area contributed by atoms with Crippen LogP contribution in [0.15, 0.2) is 16.6 Å². The number of halogens is 2. The predicted molar refractivity (Wildman–Crippen MR) is 111 cm³/mol. The van der Waals surface area contributed by atoms with Gasteiger partial charge in [0.1, 0.15) is 18.3 Å². The van der Waals surface area contributed by atoms with Crippen LogP contribution in [0.5, 0.6) is 5.75 Å². The molecule has 4 nitrogen and oxygen atoms in total. The number of imidazole rings is 1. The second-order valence-corrected chi connectivity index (χ2v) is 13.2. The van der Waals surface area contributed by atoms with E-state index < -0.39 is 10.0 Å². The van der Waals surface area contributed by atoms with Crippen molar-refractivity contribution in [3.8, 4) is 5.75 Å². The molecule has 3 rings (SSSR count). The van der Waals surface area contributed by atoms with Crippen LogP contribution in [-0.4, -0.2) is 47.3 Å². The van der Waals surface area contributed by atoms with Crippen LogP contribution in [0.3, 0.4) is 0 Å². The Morgan fingerprint density at radius 2 is 2.08 bits per heavy atom. The second-order valence-electron chi connectivity index (χ2n) is 7.45. The average Bonchev–Trinajstić information content (AvgIpc) is 3.30. The summed E-state index contributed by atoms with van der Waals surface area (Å²) in [5.41, 5.74) is 1.92. The maximum atomic E-state index is 6.10. The van der Waals surface area contributed by atoms with Gasteiger partial charge in [-0.1, -0.05) is 0 Å². The van der Waals surface area contributed by atoms with Crippen molar-refractivity contribution in [1.29, 1.82) is 0 Å². The third kappa shape index (κ3) is 5.28. The second kappa shape index (κ2) is 8.07. The number of ether oxygens (including phenoxy) is 2. The summed E-state index contributed by atoms with van der Waals surface area (Å²) in [6.07, 6.45) is 9.45. The van der Waals surface area contributed by atoms with E-state index >= 15 is 0 Å². The minimum Gasteiger partial charge on any atom is -0.492 e. The zero-order chi connectivity index (χ0) is 18.0. The highest BCUT2D eigenvalue weighted by Gasteiger charge is 2.23. The number of hydrogen-bond acceptors (Lipinski definition) is 3. The standard InChI is InChI=1S/C18H26BrClN2O2S/c1-25(2,3)7-6-23-12-22-16-9-17(24-11-13-4-5-13)14(19)8-15(16)21-18(22)10-20/h8-9,13H,4-7,10-12H2,1-3H3. The number of nitrogens with zero attached hydrogens (tertiary/aromatic N) is 2. The van der Waals surface area contributed by atoms with Gasteiger partial charge in [-0.25, -0.2) is 15.0 Å². The summed E-state index contributed by atoms with van der Waals surface area (Å²) in [5.74, 6) is 3.86. The maximum absolute atomic E-state index is 6.10. The lowest BCUT2D eigenvalue weighted by molar-refractivity contribution is 0.0908. The Morgan fingerprint density at radius 1 is 1.32 bits per heavy atom. The highest BCUT2D eigenvalue weighted by Crippen LogP contribution is 2.35. The summed E-state index contributed by atoms with van der Waals surface area (Å²) in [5, 5.41) is 0. The van der Waals surface area contributed by atoms with E-state index in [9.17, 15) is 0 Å². The summed E-state index contributed by atoms with van der Waals surface area (Å²) in [6, 6.07) is 4.05. The SMILES string of the molecule is CS(C)(C)CCOCn1c(CCl)nc2cc(Br)c(OCC3CC3)cc21. The molecule has 1 heterocycles. The zero-order valence-electron chi connectivity index (χ0n) is 15.1. The van der Waals surface area contributed by atoms with Gasteiger partial charge >= 0.3 is 0 Å². The van der Waals surface area contributed by atoms with Gasteiger partial charge in [0.25, 0.3) is 0 Å². The van der Waals surface area contributed by atoms with Crippen molar-refractivity contribution in [3.05, 3.63) is 22.4 Å². The number of rotatable bonds is 9. The molecule has 0 bridgehead atoms. The molecule has 0 amide bonds. The van der Waals surface area contributed by atoms with Crippen molar-refractivity contribution in [2.24, 2.45) is 5.92 Å². The van der Waals surface area contributed by atoms with Gasteiger partial charge in [0, 0.05) is 11.8 Å². The first kappa shape index (κ1) is 19.3. The van der Waals surface area contributed by atoms with E-state index in [0.29, 0.717) is 18.5 Å². The van der Waals surface area contributed by atoms with Crippen LogP contribution >= 0.6 is 37.6 Å². The molecule has 1 aromatic heterocycles. The van der Waals surface area contributed by atoms with Gasteiger partial charge in [0.05, 0.1) is 34.6 Å². The zero-order valence-corrected chi connectivity index (χ0v) is 18.2. The van der Waals surface area contributed by atoms with E-state index in [-0.39, 0.29) is 0 Å². The lowest BCUT2D eigenvalue weighted by Gasteiger charge is -2.24. The minimum atomic E-state index is -0.547. The smallest absolute Gasteiger partial charge is 0.135 e. The monoisotopic (exact) mass is 448 g/mol. The fourth-order valence-corrected chi connectivity index (χ4v) is 3.76. The van der Waals surface area contributed by atoms with E-state index in [1.54, 1.807) is 0 Å². The van der Waals surface area contributed by atoms with E-state index in [2.05, 4.69) is 44.2 Å². The Balaban J connectivity index is 1.77. The largest absolute Gasteiger partial charge is 0.492 e. The van der Waals surface area contributed by atoms with Gasteiger partial charge in [-0.15, -0.1) is 11.6 Å². The van der Waals surface area contributed by atoms with Crippen molar-refractivity contribution in [2.45, 2.75) is 25.5 Å². The van der Waals surface area contributed by atoms with Crippen LogP contribution < -0.4 is 4.74 Å². The van der Waals surface area contributed by atoms with Gasteiger partial charge < -0.3 is 14.0 Å². The lowest BCUT2D eigenvalue weighted by atomic mass is 10.3. The first-order valence-electron chi connectivity index (χ1n) is 8.48. The Kier molecular flexibility index (Phi) is 6.24. The molecule has 0 atom stereocenters. The predicted octanol–water partition coefficient (Wildman–Crippen LogP) is 4.99. The van der Waals surface area contributed by atoms with Gasteiger partial charge in [-0.2, -0.15) is 0 Å². The molecule has 0 spiro atoms. The van der Waals surface area contributed by atoms with Crippen molar-refractivity contribution >= 4 is 48.6 Å². The van der Waals surface area contributed by atoms with Crippen LogP contribution in [0.1, 0.15) is 18.7 Å². The third-order valence-electron chi connectivity index (χ3n) is 4.23. The fraction of sp³-hybridized carbons (Fsp3) is 0.611. The summed E-state index contributed by atoms with van der Waals surface area (Å²) >= 11 is 9.70. The molecule has 7 heteroatoms. The molecule has 25 heavy (non-hydrogen) atoms. The molecule has 1 aromatic carbocycles. The molecule has 0 N–H and O–H groups in total. The summed E-state index contributed by atoms with van der Waals surface area (Å²) in [7, 11) is -0.547. The summed E-state index contributed by atoms with van der Waals surface area (Å²) < 4.78 is 14.9. The topological polar surface area (TPSA) is 36.3 Å². The van der Waals surface area contributed by atoms with Gasteiger partial charge in [0.15, 0.2) is 0 Å². The molecule has 1 aliphatic rings. The molecule has 0 unspecified atom stereocenters. The van der Waals surface area contributed by atoms with Crippen LogP contribution in [0, 0.1) is 5.92 Å². The third-order valence-corrected chi connectivity index (χ3v) is 6.48. The lowest BCUT2D eigenvalue weighted by Crippen LogP contribution is -2.11. The van der Waals surface area contributed by atoms with E-state index in [1.807, 2.05) is 12.1 Å². The van der Waals surface area contributed by atoms with E-state index in [0.717, 1.165) is 46.0 Å². The first-order valence-corrected chi connectivity index (χ1v) is 12.8. The summed E-state index contributed by atoms with van der Waals surface area (Å²) in [4.78, 5) is 4.64. The molecule has 1 fully saturated rings. The van der Waals surface area contributed by atoms with E-state index in [1.165, 1.54) is 12.8 Å². The Labute approximate surface area is 164 Å². The minimum absolute atomic E-state index is 0.360. The highest BCUT2D eigenvalue weighted by atomic mass is 79.9. The van der Waals surface area contributed by atoms with Gasteiger partial charge in [0.2, 0.25) is 0 Å². The molecule has 140 valence electrons. The number of hydrogen-bond donors (Lipinski definition) is 0. The molecule has 0 aliphatic heterocycles. The molecular weight excluding hydrogens is 424 g/mol. The van der Waals surface area contributed by atoms with Crippen molar-refractivity contribution < 1.29 is 9.47 Å². The molecule has 0 radical (unpaired) electrons. The molecule has 1 saturated carbocycles. The Bertz CT molecular complexity index is 741. The van der Waals surface area contributed by atoms with Crippen LogP contribution in [0.2, 0.25) is 0 Å². The first-order chi connectivity index (χ1) is 11.9. The van der Waals surface area contributed by atoms with Crippen molar-refractivity contribution in [2.75, 3.05) is 37.7 Å². The highest BCUT2D eigenvalue weighted by molar-refractivity contribution is 9.10. The quantitative estimate of drug-likeness (QED) is 0.399. The van der Waals surface area contributed by atoms with Gasteiger partial charge in [-0.05, 0) is 59.5 Å². The Morgan fingerprint density at radius 3 is 2.72 bits per heavy atom. The fourth-order valence-electron chi connectivity index (χ4n) is 2.49. The number of benzene rings is 1. The molecule has 2 aromatic rings. The number of fused-ring (bicyclic) bond motifs is 1. The molecule has 0 saturated heterocycles. The van der Waals surface area contributed by atoms with Crippen LogP contribution in [0.4, 0.5) is 0 Å². The van der Waals surface area contributed by atoms with Crippen molar-refractivity contribution in [3.63, 3.8) is 0 Å². The maximum Gasteiger partial charge on any atom is 0.135 e.